The fraction of sp³-hybridized carbons (Fsp3) is 0.158. The van der Waals surface area contributed by atoms with Crippen LogP contribution in [0.4, 0.5) is 5.69 Å². The molecule has 1 aromatic heterocycles. The number of hydrogen-bond acceptors (Lipinski definition) is 3. The molecule has 0 aliphatic carbocycles. The largest absolute Gasteiger partial charge is 0.430 e. The Hall–Kier alpha value is -2.88. The lowest BCUT2D eigenvalue weighted by atomic mass is 10.00. The third-order valence-corrected chi connectivity index (χ3v) is 4.31. The Morgan fingerprint density at radius 3 is 2.61 bits per heavy atom. The van der Waals surface area contributed by atoms with Gasteiger partial charge in [0, 0.05) is 17.6 Å². The summed E-state index contributed by atoms with van der Waals surface area (Å²) < 4.78 is 5.07. The number of hydrogen-bond donors (Lipinski definition) is 0. The van der Waals surface area contributed by atoms with Crippen molar-refractivity contribution in [3.8, 4) is 0 Å². The molecule has 0 saturated heterocycles. The van der Waals surface area contributed by atoms with E-state index in [1.165, 1.54) is 11.8 Å². The highest BCUT2D eigenvalue weighted by Gasteiger charge is 2.25. The number of para-hydroxylation sites is 1. The Kier molecular flexibility index (Phi) is 3.23. The molecule has 0 bridgehead atoms. The summed E-state index contributed by atoms with van der Waals surface area (Å²) in [5.41, 5.74) is 2.13. The van der Waals surface area contributed by atoms with Crippen molar-refractivity contribution in [3.05, 3.63) is 76.3 Å². The van der Waals surface area contributed by atoms with Gasteiger partial charge in [-0.3, -0.25) is 4.79 Å². The van der Waals surface area contributed by atoms with Gasteiger partial charge in [0.05, 0.1) is 10.9 Å². The topological polar surface area (TPSA) is 50.5 Å². The number of amides is 1. The molecule has 2 aromatic carbocycles. The predicted molar refractivity (Wildman–Crippen MR) is 88.9 cm³/mol. The Labute approximate surface area is 133 Å². The monoisotopic (exact) mass is 305 g/mol. The molecule has 0 spiro atoms. The molecule has 0 atom stereocenters. The summed E-state index contributed by atoms with van der Waals surface area (Å²) in [5.74, 6) is -0.128. The lowest BCUT2D eigenvalue weighted by Gasteiger charge is -2.29. The number of benzene rings is 2. The van der Waals surface area contributed by atoms with Crippen LogP contribution in [0.5, 0.6) is 0 Å². The fourth-order valence-corrected chi connectivity index (χ4v) is 3.19. The third kappa shape index (κ3) is 2.23. The Balaban J connectivity index is 1.86. The summed E-state index contributed by atoms with van der Waals surface area (Å²) in [6.07, 6.45) is 3.19. The number of carbonyl (C=O) groups is 1. The lowest BCUT2D eigenvalue weighted by molar-refractivity contribution is 0.0984. The van der Waals surface area contributed by atoms with Crippen molar-refractivity contribution in [2.45, 2.75) is 12.8 Å². The molecule has 1 aliphatic heterocycles. The highest BCUT2D eigenvalue weighted by molar-refractivity contribution is 6.13. The molecule has 1 amide bonds. The van der Waals surface area contributed by atoms with Gasteiger partial charge in [-0.15, -0.1) is 0 Å². The molecule has 0 fully saturated rings. The summed E-state index contributed by atoms with van der Waals surface area (Å²) in [5, 5.41) is 1.07. The van der Waals surface area contributed by atoms with Crippen LogP contribution in [0.25, 0.3) is 10.8 Å². The standard InChI is InChI=1S/C19H15NO3/c21-18(20-11-5-7-13-6-1-4-10-17(13)20)16-12-23-19(22)15-9-3-2-8-14(15)16/h1-4,6,8-10,12H,5,7,11H2. The summed E-state index contributed by atoms with van der Waals surface area (Å²) in [7, 11) is 0. The van der Waals surface area contributed by atoms with Gasteiger partial charge >= 0.3 is 5.63 Å². The van der Waals surface area contributed by atoms with Crippen LogP contribution >= 0.6 is 0 Å². The van der Waals surface area contributed by atoms with Crippen LogP contribution in [-0.2, 0) is 6.42 Å². The van der Waals surface area contributed by atoms with Gasteiger partial charge in [-0.2, -0.15) is 0 Å². The minimum absolute atomic E-state index is 0.128. The van der Waals surface area contributed by atoms with Crippen molar-refractivity contribution in [3.63, 3.8) is 0 Å². The molecule has 4 heteroatoms. The van der Waals surface area contributed by atoms with Crippen LogP contribution in [-0.4, -0.2) is 12.5 Å². The van der Waals surface area contributed by atoms with Crippen LogP contribution in [0, 0.1) is 0 Å². The predicted octanol–water partition coefficient (Wildman–Crippen LogP) is 3.39. The zero-order chi connectivity index (χ0) is 15.8. The second-order valence-electron chi connectivity index (χ2n) is 5.67. The van der Waals surface area contributed by atoms with Gasteiger partial charge in [0.2, 0.25) is 0 Å². The Morgan fingerprint density at radius 2 is 1.74 bits per heavy atom. The first kappa shape index (κ1) is 13.8. The van der Waals surface area contributed by atoms with E-state index >= 15 is 0 Å². The molecule has 1 aliphatic rings. The van der Waals surface area contributed by atoms with Gasteiger partial charge in [-0.05, 0) is 30.5 Å². The fourth-order valence-electron chi connectivity index (χ4n) is 3.19. The maximum absolute atomic E-state index is 13.1. The van der Waals surface area contributed by atoms with E-state index < -0.39 is 5.63 Å². The molecular formula is C19H15NO3. The highest BCUT2D eigenvalue weighted by Crippen LogP contribution is 2.29. The number of aryl methyl sites for hydroxylation is 1. The minimum atomic E-state index is -0.420. The molecule has 0 saturated carbocycles. The van der Waals surface area contributed by atoms with Crippen molar-refractivity contribution >= 4 is 22.4 Å². The third-order valence-electron chi connectivity index (χ3n) is 4.31. The van der Waals surface area contributed by atoms with Crippen molar-refractivity contribution < 1.29 is 9.21 Å². The van der Waals surface area contributed by atoms with E-state index in [2.05, 4.69) is 6.07 Å². The van der Waals surface area contributed by atoms with Gasteiger partial charge in [-0.25, -0.2) is 4.79 Å². The minimum Gasteiger partial charge on any atom is -0.430 e. The zero-order valence-electron chi connectivity index (χ0n) is 12.5. The summed E-state index contributed by atoms with van der Waals surface area (Å²) in [6.45, 7) is 0.670. The summed E-state index contributed by atoms with van der Waals surface area (Å²) in [4.78, 5) is 26.7. The van der Waals surface area contributed by atoms with Crippen molar-refractivity contribution in [1.29, 1.82) is 0 Å². The molecule has 0 N–H and O–H groups in total. The molecule has 114 valence electrons. The number of fused-ring (bicyclic) bond motifs is 2. The molecule has 0 unspecified atom stereocenters. The Morgan fingerprint density at radius 1 is 1.00 bits per heavy atom. The number of anilines is 1. The second-order valence-corrected chi connectivity index (χ2v) is 5.67. The van der Waals surface area contributed by atoms with Gasteiger partial charge in [0.1, 0.15) is 6.26 Å². The van der Waals surface area contributed by atoms with Crippen LogP contribution in [0.15, 0.2) is 64.0 Å². The maximum Gasteiger partial charge on any atom is 0.343 e. The first-order chi connectivity index (χ1) is 11.3. The normalized spacial score (nSPS) is 13.8. The SMILES string of the molecule is O=C(c1coc(=O)c2ccccc12)N1CCCc2ccccc21. The quantitative estimate of drug-likeness (QED) is 0.692. The highest BCUT2D eigenvalue weighted by atomic mass is 16.4. The number of carbonyl (C=O) groups excluding carboxylic acids is 1. The van der Waals surface area contributed by atoms with E-state index in [-0.39, 0.29) is 5.91 Å². The van der Waals surface area contributed by atoms with E-state index in [9.17, 15) is 9.59 Å². The molecule has 2 heterocycles. The molecule has 3 aromatic rings. The maximum atomic E-state index is 13.1. The van der Waals surface area contributed by atoms with Crippen molar-refractivity contribution in [2.24, 2.45) is 0 Å². The lowest BCUT2D eigenvalue weighted by Crippen LogP contribution is -2.35. The molecule has 4 rings (SSSR count). The molecule has 23 heavy (non-hydrogen) atoms. The van der Waals surface area contributed by atoms with E-state index in [0.29, 0.717) is 22.9 Å². The number of nitrogens with zero attached hydrogens (tertiary/aromatic N) is 1. The summed E-state index contributed by atoms with van der Waals surface area (Å²) >= 11 is 0. The van der Waals surface area contributed by atoms with Gasteiger partial charge < -0.3 is 9.32 Å². The smallest absolute Gasteiger partial charge is 0.343 e. The van der Waals surface area contributed by atoms with Crippen molar-refractivity contribution in [2.75, 3.05) is 11.4 Å². The zero-order valence-corrected chi connectivity index (χ0v) is 12.5. The van der Waals surface area contributed by atoms with Crippen LogP contribution in [0.3, 0.4) is 0 Å². The van der Waals surface area contributed by atoms with Crippen LogP contribution < -0.4 is 10.5 Å². The summed E-state index contributed by atoms with van der Waals surface area (Å²) in [6, 6.07) is 15.0. The van der Waals surface area contributed by atoms with E-state index in [1.54, 1.807) is 23.1 Å². The molecular weight excluding hydrogens is 290 g/mol. The van der Waals surface area contributed by atoms with Gasteiger partial charge in [-0.1, -0.05) is 36.4 Å². The van der Waals surface area contributed by atoms with E-state index in [0.717, 1.165) is 18.5 Å². The van der Waals surface area contributed by atoms with Crippen LogP contribution in [0.1, 0.15) is 22.3 Å². The molecule has 0 radical (unpaired) electrons. The average molecular weight is 305 g/mol. The Bertz CT molecular complexity index is 958. The average Bonchev–Trinajstić information content (AvgIpc) is 2.61. The first-order valence-corrected chi connectivity index (χ1v) is 7.66. The van der Waals surface area contributed by atoms with E-state index in [4.69, 9.17) is 4.42 Å². The van der Waals surface area contributed by atoms with Gasteiger partial charge in [0.15, 0.2) is 0 Å². The van der Waals surface area contributed by atoms with Crippen LogP contribution in [0.2, 0.25) is 0 Å². The first-order valence-electron chi connectivity index (χ1n) is 7.66. The van der Waals surface area contributed by atoms with E-state index in [1.807, 2.05) is 24.3 Å². The molecule has 4 nitrogen and oxygen atoms in total. The second kappa shape index (κ2) is 5.39. The number of rotatable bonds is 1. The van der Waals surface area contributed by atoms with Crippen molar-refractivity contribution in [1.82, 2.24) is 0 Å². The van der Waals surface area contributed by atoms with Gasteiger partial charge in [0.25, 0.3) is 5.91 Å².